The lowest BCUT2D eigenvalue weighted by molar-refractivity contribution is -0.140. The Morgan fingerprint density at radius 2 is 1.75 bits per heavy atom. The van der Waals surface area contributed by atoms with Gasteiger partial charge in [0.15, 0.2) is 5.43 Å². The molecule has 0 aliphatic rings. The van der Waals surface area contributed by atoms with Crippen LogP contribution in [0, 0.1) is 5.82 Å². The van der Waals surface area contributed by atoms with Crippen molar-refractivity contribution in [1.82, 2.24) is 9.80 Å². The van der Waals surface area contributed by atoms with E-state index in [1.165, 1.54) is 39.5 Å². The maximum atomic E-state index is 13.5. The van der Waals surface area contributed by atoms with Gasteiger partial charge in [0.1, 0.15) is 17.9 Å². The molecule has 0 fully saturated rings. The van der Waals surface area contributed by atoms with E-state index in [1.54, 1.807) is 42.5 Å². The molecule has 4 aromatic rings. The van der Waals surface area contributed by atoms with E-state index in [0.717, 1.165) is 4.88 Å². The first-order valence-corrected chi connectivity index (χ1v) is 12.2. The van der Waals surface area contributed by atoms with E-state index in [0.29, 0.717) is 22.1 Å². The van der Waals surface area contributed by atoms with Crippen LogP contribution in [0.5, 0.6) is 0 Å². The summed E-state index contributed by atoms with van der Waals surface area (Å²) in [5.41, 5.74) is 1.23. The first kappa shape index (κ1) is 25.1. The van der Waals surface area contributed by atoms with Crippen LogP contribution in [0.3, 0.4) is 0 Å². The Morgan fingerprint density at radius 3 is 2.47 bits per heavy atom. The van der Waals surface area contributed by atoms with Gasteiger partial charge in [-0.2, -0.15) is 0 Å². The van der Waals surface area contributed by atoms with Crippen molar-refractivity contribution in [2.75, 3.05) is 13.1 Å². The van der Waals surface area contributed by atoms with Crippen molar-refractivity contribution >= 4 is 34.1 Å². The molecule has 6 nitrogen and oxygen atoms in total. The third kappa shape index (κ3) is 6.14. The number of thiophene rings is 1. The quantitative estimate of drug-likeness (QED) is 0.292. The monoisotopic (exact) mass is 504 g/mol. The molecule has 0 unspecified atom stereocenters. The summed E-state index contributed by atoms with van der Waals surface area (Å²) in [6.45, 7) is 3.84. The number of amides is 2. The molecule has 0 aliphatic carbocycles. The molecule has 0 aliphatic heterocycles. The summed E-state index contributed by atoms with van der Waals surface area (Å²) in [6, 6.07) is 16.4. The van der Waals surface area contributed by atoms with Gasteiger partial charge in [-0.05, 0) is 41.3 Å². The molecule has 36 heavy (non-hydrogen) atoms. The van der Waals surface area contributed by atoms with Crippen molar-refractivity contribution in [1.29, 1.82) is 0 Å². The lowest BCUT2D eigenvalue weighted by Gasteiger charge is -2.27. The summed E-state index contributed by atoms with van der Waals surface area (Å²) in [6.07, 6.45) is 3.12. The minimum atomic E-state index is -0.386. The van der Waals surface area contributed by atoms with Crippen LogP contribution in [0.15, 0.2) is 94.2 Å². The molecule has 184 valence electrons. The second-order valence-electron chi connectivity index (χ2n) is 8.28. The van der Waals surface area contributed by atoms with Gasteiger partial charge in [0, 0.05) is 18.0 Å². The summed E-state index contributed by atoms with van der Waals surface area (Å²) < 4.78 is 19.1. The molecule has 2 aromatic carbocycles. The lowest BCUT2D eigenvalue weighted by Crippen LogP contribution is -2.43. The van der Waals surface area contributed by atoms with Crippen LogP contribution >= 0.6 is 11.3 Å². The summed E-state index contributed by atoms with van der Waals surface area (Å²) in [7, 11) is 0. The molecule has 2 aromatic heterocycles. The molecule has 0 atom stereocenters. The highest BCUT2D eigenvalue weighted by Crippen LogP contribution is 2.16. The molecule has 0 radical (unpaired) electrons. The summed E-state index contributed by atoms with van der Waals surface area (Å²) in [4.78, 5) is 43.3. The van der Waals surface area contributed by atoms with Crippen LogP contribution in [0.4, 0.5) is 4.39 Å². The number of rotatable bonds is 10. The summed E-state index contributed by atoms with van der Waals surface area (Å²) in [5.74, 6) is -0.936. The Bertz CT molecular complexity index is 1410. The van der Waals surface area contributed by atoms with Gasteiger partial charge in [0.2, 0.25) is 11.8 Å². The van der Waals surface area contributed by atoms with Crippen molar-refractivity contribution in [2.45, 2.75) is 19.5 Å². The predicted molar refractivity (Wildman–Crippen MR) is 138 cm³/mol. The van der Waals surface area contributed by atoms with E-state index in [2.05, 4.69) is 6.58 Å². The summed E-state index contributed by atoms with van der Waals surface area (Å²) in [5, 5.41) is 2.31. The van der Waals surface area contributed by atoms with Gasteiger partial charge >= 0.3 is 0 Å². The van der Waals surface area contributed by atoms with Crippen molar-refractivity contribution < 1.29 is 18.4 Å². The van der Waals surface area contributed by atoms with Gasteiger partial charge in [0.05, 0.1) is 30.2 Å². The number of hydrogen-bond acceptors (Lipinski definition) is 5. The van der Waals surface area contributed by atoms with Crippen molar-refractivity contribution in [3.05, 3.63) is 117 Å². The Morgan fingerprint density at radius 1 is 0.972 bits per heavy atom. The summed E-state index contributed by atoms with van der Waals surface area (Å²) >= 11 is 1.47. The normalized spacial score (nSPS) is 10.8. The fourth-order valence-corrected chi connectivity index (χ4v) is 4.52. The Balaban J connectivity index is 1.59. The fourth-order valence-electron chi connectivity index (χ4n) is 3.82. The van der Waals surface area contributed by atoms with Gasteiger partial charge in [0.25, 0.3) is 0 Å². The third-order valence-electron chi connectivity index (χ3n) is 5.69. The van der Waals surface area contributed by atoms with Crippen molar-refractivity contribution in [3.8, 4) is 0 Å². The topological polar surface area (TPSA) is 70.8 Å². The first-order valence-electron chi connectivity index (χ1n) is 11.4. The average Bonchev–Trinajstić information content (AvgIpc) is 3.39. The molecular weight excluding hydrogens is 479 g/mol. The van der Waals surface area contributed by atoms with Crippen LogP contribution in [0.2, 0.25) is 0 Å². The van der Waals surface area contributed by atoms with E-state index in [9.17, 15) is 18.8 Å². The Labute approximate surface area is 211 Å². The first-order chi connectivity index (χ1) is 17.4. The number of carbonyl (C=O) groups is 2. The SMILES string of the molecule is C=CCN(CC(=O)N(Cc1ccc(F)cc1)Cc1coc2ccccc2c1=O)C(=O)Cc1cccs1. The largest absolute Gasteiger partial charge is 0.464 e. The lowest BCUT2D eigenvalue weighted by atomic mass is 10.1. The van der Waals surface area contributed by atoms with Crippen LogP contribution in [0.1, 0.15) is 16.0 Å². The molecule has 0 saturated carbocycles. The van der Waals surface area contributed by atoms with Crippen LogP contribution in [0.25, 0.3) is 11.0 Å². The molecule has 4 rings (SSSR count). The Kier molecular flexibility index (Phi) is 8.07. The standard InChI is InChI=1S/C28H25FN2O4S/c1-2-13-30(26(32)15-23-6-5-14-36-23)18-27(33)31(16-20-9-11-22(29)12-10-20)17-21-19-35-25-8-4-3-7-24(25)28(21)34/h2-12,14,19H,1,13,15-18H2. The predicted octanol–water partition coefficient (Wildman–Crippen LogP) is 4.78. The van der Waals surface area contributed by atoms with E-state index < -0.39 is 0 Å². The van der Waals surface area contributed by atoms with Gasteiger partial charge in [-0.1, -0.05) is 36.4 Å². The van der Waals surface area contributed by atoms with E-state index in [-0.39, 0.29) is 55.7 Å². The highest BCUT2D eigenvalue weighted by Gasteiger charge is 2.23. The highest BCUT2D eigenvalue weighted by molar-refractivity contribution is 7.10. The fraction of sp³-hybridized carbons (Fsp3) is 0.179. The minimum absolute atomic E-state index is 0.0234. The molecule has 0 saturated heterocycles. The number of fused-ring (bicyclic) bond motifs is 1. The van der Waals surface area contributed by atoms with Crippen LogP contribution in [-0.2, 0) is 29.1 Å². The van der Waals surface area contributed by atoms with E-state index >= 15 is 0 Å². The number of para-hydroxylation sites is 1. The highest BCUT2D eigenvalue weighted by atomic mass is 32.1. The molecule has 8 heteroatoms. The van der Waals surface area contributed by atoms with Gasteiger partial charge in [-0.3, -0.25) is 14.4 Å². The number of hydrogen-bond donors (Lipinski definition) is 0. The zero-order chi connectivity index (χ0) is 25.5. The van der Waals surface area contributed by atoms with Crippen LogP contribution < -0.4 is 5.43 Å². The molecule has 2 heterocycles. The van der Waals surface area contributed by atoms with Gasteiger partial charge in [-0.15, -0.1) is 17.9 Å². The minimum Gasteiger partial charge on any atom is -0.464 e. The number of nitrogens with zero attached hydrogens (tertiary/aromatic N) is 2. The second kappa shape index (κ2) is 11.6. The van der Waals surface area contributed by atoms with Crippen molar-refractivity contribution in [2.24, 2.45) is 0 Å². The average molecular weight is 505 g/mol. The maximum absolute atomic E-state index is 13.5. The number of halogens is 1. The number of carbonyl (C=O) groups excluding carboxylic acids is 2. The zero-order valence-electron chi connectivity index (χ0n) is 19.6. The number of benzene rings is 2. The molecule has 0 N–H and O–H groups in total. The van der Waals surface area contributed by atoms with E-state index in [4.69, 9.17) is 4.42 Å². The molecule has 0 bridgehead atoms. The smallest absolute Gasteiger partial charge is 0.242 e. The van der Waals surface area contributed by atoms with Gasteiger partial charge in [-0.25, -0.2) is 4.39 Å². The van der Waals surface area contributed by atoms with Gasteiger partial charge < -0.3 is 14.2 Å². The van der Waals surface area contributed by atoms with Crippen LogP contribution in [-0.4, -0.2) is 34.7 Å². The third-order valence-corrected chi connectivity index (χ3v) is 6.56. The van der Waals surface area contributed by atoms with Crippen molar-refractivity contribution in [3.63, 3.8) is 0 Å². The Hall–Kier alpha value is -4.04. The molecule has 2 amide bonds. The maximum Gasteiger partial charge on any atom is 0.242 e. The zero-order valence-corrected chi connectivity index (χ0v) is 20.4. The second-order valence-corrected chi connectivity index (χ2v) is 9.31. The van der Waals surface area contributed by atoms with E-state index in [1.807, 2.05) is 17.5 Å². The molecule has 0 spiro atoms. The molecular formula is C28H25FN2O4S.